The van der Waals surface area contributed by atoms with Crippen LogP contribution in [0.5, 0.6) is 0 Å². The Hall–Kier alpha value is -1.62. The van der Waals surface area contributed by atoms with Crippen LogP contribution in [0.1, 0.15) is 17.0 Å². The number of nitrogens with two attached hydrogens (primary N) is 1. The van der Waals surface area contributed by atoms with E-state index in [2.05, 4.69) is 15.0 Å². The van der Waals surface area contributed by atoms with Crippen LogP contribution in [-0.4, -0.2) is 15.0 Å². The van der Waals surface area contributed by atoms with Crippen molar-refractivity contribution in [2.45, 2.75) is 31.0 Å². The summed E-state index contributed by atoms with van der Waals surface area (Å²) < 4.78 is 0. The van der Waals surface area contributed by atoms with E-state index in [4.69, 9.17) is 5.73 Å². The normalized spacial score (nSPS) is 10.5. The second-order valence-corrected chi connectivity index (χ2v) is 4.84. The Morgan fingerprint density at radius 3 is 2.41 bits per heavy atom. The molecule has 0 bridgehead atoms. The largest absolute Gasteiger partial charge is 0.396 e. The molecule has 0 radical (unpaired) electrons. The van der Waals surface area contributed by atoms with Crippen LogP contribution in [0.2, 0.25) is 0 Å². The molecule has 0 aromatic carbocycles. The molecule has 0 aliphatic rings. The molecule has 0 atom stereocenters. The summed E-state index contributed by atoms with van der Waals surface area (Å²) in [7, 11) is 0. The van der Waals surface area contributed by atoms with Gasteiger partial charge in [0.1, 0.15) is 5.03 Å². The average Bonchev–Trinajstić information content (AvgIpc) is 2.23. The minimum atomic E-state index is 0.687. The molecule has 0 aliphatic heterocycles. The van der Waals surface area contributed by atoms with E-state index in [0.29, 0.717) is 10.8 Å². The Bertz CT molecular complexity index is 534. The van der Waals surface area contributed by atoms with Gasteiger partial charge in [0.25, 0.3) is 0 Å². The van der Waals surface area contributed by atoms with Gasteiger partial charge in [0, 0.05) is 17.6 Å². The Morgan fingerprint density at radius 2 is 1.76 bits per heavy atom. The standard InChI is InChI=1S/C12H14N4S/c1-7-4-5-14-11(10(7)13)17-12-15-8(2)6-9(3)16-12/h4-6H,13H2,1-3H3. The summed E-state index contributed by atoms with van der Waals surface area (Å²) in [4.78, 5) is 13.0. The van der Waals surface area contributed by atoms with Crippen molar-refractivity contribution >= 4 is 17.4 Å². The highest BCUT2D eigenvalue weighted by atomic mass is 32.2. The number of anilines is 1. The number of hydrogen-bond acceptors (Lipinski definition) is 5. The third kappa shape index (κ3) is 2.74. The Balaban J connectivity index is 2.34. The molecule has 0 spiro atoms. The summed E-state index contributed by atoms with van der Waals surface area (Å²) in [5.41, 5.74) is 9.58. The number of nitrogens with zero attached hydrogens (tertiary/aromatic N) is 3. The van der Waals surface area contributed by atoms with Crippen LogP contribution in [0.25, 0.3) is 0 Å². The van der Waals surface area contributed by atoms with Gasteiger partial charge in [-0.05, 0) is 50.2 Å². The van der Waals surface area contributed by atoms with E-state index in [1.54, 1.807) is 6.20 Å². The Morgan fingerprint density at radius 1 is 1.12 bits per heavy atom. The zero-order chi connectivity index (χ0) is 12.4. The van der Waals surface area contributed by atoms with Gasteiger partial charge in [0.2, 0.25) is 0 Å². The highest BCUT2D eigenvalue weighted by Crippen LogP contribution is 2.29. The molecule has 2 aromatic heterocycles. The SMILES string of the molecule is Cc1cc(C)nc(Sc2nccc(C)c2N)n1. The van der Waals surface area contributed by atoms with Crippen LogP contribution < -0.4 is 5.73 Å². The molecule has 0 unspecified atom stereocenters. The molecule has 2 aromatic rings. The van der Waals surface area contributed by atoms with Gasteiger partial charge >= 0.3 is 0 Å². The molecule has 0 fully saturated rings. The molecular weight excluding hydrogens is 232 g/mol. The number of rotatable bonds is 2. The lowest BCUT2D eigenvalue weighted by atomic mass is 10.3. The lowest BCUT2D eigenvalue weighted by molar-refractivity contribution is 0.899. The molecule has 0 saturated carbocycles. The predicted octanol–water partition coefficient (Wildman–Crippen LogP) is 2.53. The summed E-state index contributed by atoms with van der Waals surface area (Å²) in [5.74, 6) is 0. The number of nitrogen functional groups attached to an aromatic ring is 1. The van der Waals surface area contributed by atoms with Crippen molar-refractivity contribution in [1.29, 1.82) is 0 Å². The van der Waals surface area contributed by atoms with Gasteiger partial charge in [-0.1, -0.05) is 0 Å². The fraction of sp³-hybridized carbons (Fsp3) is 0.250. The summed E-state index contributed by atoms with van der Waals surface area (Å²) in [6.07, 6.45) is 1.75. The smallest absolute Gasteiger partial charge is 0.194 e. The lowest BCUT2D eigenvalue weighted by Crippen LogP contribution is -1.97. The van der Waals surface area contributed by atoms with Crippen LogP contribution in [0, 0.1) is 20.8 Å². The summed E-state index contributed by atoms with van der Waals surface area (Å²) in [6.45, 7) is 5.86. The van der Waals surface area contributed by atoms with Crippen LogP contribution in [0.4, 0.5) is 5.69 Å². The highest BCUT2D eigenvalue weighted by molar-refractivity contribution is 7.99. The second kappa shape index (κ2) is 4.71. The van der Waals surface area contributed by atoms with E-state index < -0.39 is 0 Å². The maximum atomic E-state index is 5.97. The van der Waals surface area contributed by atoms with Gasteiger partial charge in [-0.15, -0.1) is 0 Å². The number of hydrogen-bond donors (Lipinski definition) is 1. The van der Waals surface area contributed by atoms with Crippen molar-refractivity contribution in [1.82, 2.24) is 15.0 Å². The first-order valence-electron chi connectivity index (χ1n) is 5.27. The maximum Gasteiger partial charge on any atom is 0.194 e. The van der Waals surface area contributed by atoms with E-state index in [0.717, 1.165) is 22.0 Å². The van der Waals surface area contributed by atoms with Crippen molar-refractivity contribution in [3.63, 3.8) is 0 Å². The monoisotopic (exact) mass is 246 g/mol. The van der Waals surface area contributed by atoms with E-state index in [1.807, 2.05) is 32.9 Å². The van der Waals surface area contributed by atoms with Gasteiger partial charge in [-0.25, -0.2) is 15.0 Å². The average molecular weight is 246 g/mol. The molecule has 5 heteroatoms. The predicted molar refractivity (Wildman–Crippen MR) is 69.0 cm³/mol. The topological polar surface area (TPSA) is 64.7 Å². The Labute approximate surface area is 105 Å². The minimum absolute atomic E-state index is 0.687. The van der Waals surface area contributed by atoms with Gasteiger partial charge in [-0.3, -0.25) is 0 Å². The maximum absolute atomic E-state index is 5.97. The first kappa shape index (κ1) is 11.9. The first-order valence-corrected chi connectivity index (χ1v) is 6.09. The zero-order valence-corrected chi connectivity index (χ0v) is 10.9. The van der Waals surface area contributed by atoms with E-state index in [9.17, 15) is 0 Å². The molecule has 17 heavy (non-hydrogen) atoms. The molecule has 4 nitrogen and oxygen atoms in total. The van der Waals surface area contributed by atoms with Gasteiger partial charge in [-0.2, -0.15) is 0 Å². The van der Waals surface area contributed by atoms with Crippen LogP contribution in [0.15, 0.2) is 28.5 Å². The minimum Gasteiger partial charge on any atom is -0.396 e. The van der Waals surface area contributed by atoms with Gasteiger partial charge in [0.15, 0.2) is 5.16 Å². The fourth-order valence-electron chi connectivity index (χ4n) is 1.45. The number of pyridine rings is 1. The third-order valence-corrected chi connectivity index (χ3v) is 3.21. The summed E-state index contributed by atoms with van der Waals surface area (Å²) in [5, 5.41) is 1.45. The molecule has 0 aliphatic carbocycles. The third-order valence-electron chi connectivity index (χ3n) is 2.32. The summed E-state index contributed by atoms with van der Waals surface area (Å²) in [6, 6.07) is 3.83. The molecule has 2 heterocycles. The Kier molecular flexibility index (Phi) is 3.28. The molecule has 0 amide bonds. The zero-order valence-electron chi connectivity index (χ0n) is 10.1. The van der Waals surface area contributed by atoms with Gasteiger partial charge in [0.05, 0.1) is 5.69 Å². The molecule has 2 rings (SSSR count). The number of aryl methyl sites for hydroxylation is 3. The lowest BCUT2D eigenvalue weighted by Gasteiger charge is -2.06. The van der Waals surface area contributed by atoms with Crippen molar-refractivity contribution in [2.24, 2.45) is 0 Å². The van der Waals surface area contributed by atoms with E-state index in [1.165, 1.54) is 11.8 Å². The van der Waals surface area contributed by atoms with Crippen molar-refractivity contribution in [3.05, 3.63) is 35.3 Å². The van der Waals surface area contributed by atoms with E-state index >= 15 is 0 Å². The van der Waals surface area contributed by atoms with E-state index in [-0.39, 0.29) is 0 Å². The van der Waals surface area contributed by atoms with Crippen molar-refractivity contribution < 1.29 is 0 Å². The summed E-state index contributed by atoms with van der Waals surface area (Å²) >= 11 is 1.40. The first-order chi connectivity index (χ1) is 8.06. The quantitative estimate of drug-likeness (QED) is 0.825. The van der Waals surface area contributed by atoms with Crippen LogP contribution in [-0.2, 0) is 0 Å². The van der Waals surface area contributed by atoms with Crippen LogP contribution >= 0.6 is 11.8 Å². The second-order valence-electron chi connectivity index (χ2n) is 3.88. The molecule has 2 N–H and O–H groups in total. The molecule has 0 saturated heterocycles. The fourth-order valence-corrected chi connectivity index (χ4v) is 2.39. The molecular formula is C12H14N4S. The highest BCUT2D eigenvalue weighted by Gasteiger charge is 2.08. The number of aromatic nitrogens is 3. The van der Waals surface area contributed by atoms with Gasteiger partial charge < -0.3 is 5.73 Å². The van der Waals surface area contributed by atoms with Crippen molar-refractivity contribution in [2.75, 3.05) is 5.73 Å². The van der Waals surface area contributed by atoms with Crippen molar-refractivity contribution in [3.8, 4) is 0 Å². The molecule has 88 valence electrons. The van der Waals surface area contributed by atoms with Crippen LogP contribution in [0.3, 0.4) is 0 Å².